The van der Waals surface area contributed by atoms with E-state index in [4.69, 9.17) is 18.6 Å². The summed E-state index contributed by atoms with van der Waals surface area (Å²) in [5, 5.41) is 10.6. The van der Waals surface area contributed by atoms with Gasteiger partial charge in [0, 0.05) is 18.7 Å². The summed E-state index contributed by atoms with van der Waals surface area (Å²) in [7, 11) is 3.25. The molecule has 1 heterocycles. The van der Waals surface area contributed by atoms with Crippen molar-refractivity contribution >= 4 is 0 Å². The highest BCUT2D eigenvalue weighted by atomic mass is 16.5. The molecule has 3 aromatic rings. The quantitative estimate of drug-likeness (QED) is 0.488. The van der Waals surface area contributed by atoms with Crippen molar-refractivity contribution in [3.63, 3.8) is 0 Å². The van der Waals surface area contributed by atoms with E-state index in [9.17, 15) is 5.11 Å². The van der Waals surface area contributed by atoms with E-state index < -0.39 is 6.10 Å². The molecule has 1 atom stereocenters. The number of hydrogen-bond donors (Lipinski definition) is 1. The van der Waals surface area contributed by atoms with Gasteiger partial charge >= 0.3 is 0 Å². The lowest BCUT2D eigenvalue weighted by Gasteiger charge is -2.25. The summed E-state index contributed by atoms with van der Waals surface area (Å²) in [5.74, 6) is 2.20. The molecule has 0 saturated heterocycles. The molecule has 30 heavy (non-hydrogen) atoms. The van der Waals surface area contributed by atoms with Crippen molar-refractivity contribution in [2.24, 2.45) is 0 Å². The van der Waals surface area contributed by atoms with E-state index in [0.717, 1.165) is 16.9 Å². The van der Waals surface area contributed by atoms with Crippen LogP contribution in [0.15, 0.2) is 71.3 Å². The lowest BCUT2D eigenvalue weighted by molar-refractivity contribution is 0.00602. The topological polar surface area (TPSA) is 64.3 Å². The fourth-order valence-corrected chi connectivity index (χ4v) is 3.36. The number of aliphatic hydroxyl groups is 1. The average Bonchev–Trinajstić information content (AvgIpc) is 3.27. The molecule has 2 aromatic carbocycles. The van der Waals surface area contributed by atoms with Gasteiger partial charge in [0.05, 0.1) is 46.3 Å². The summed E-state index contributed by atoms with van der Waals surface area (Å²) in [4.78, 5) is 2.10. The van der Waals surface area contributed by atoms with Crippen LogP contribution in [0.25, 0.3) is 0 Å². The van der Waals surface area contributed by atoms with E-state index in [2.05, 4.69) is 4.90 Å². The molecule has 1 unspecified atom stereocenters. The van der Waals surface area contributed by atoms with Crippen molar-refractivity contribution in [2.75, 3.05) is 27.4 Å². The minimum absolute atomic E-state index is 0.249. The number of rotatable bonds is 12. The van der Waals surface area contributed by atoms with E-state index >= 15 is 0 Å². The van der Waals surface area contributed by atoms with Crippen LogP contribution in [0.5, 0.6) is 11.5 Å². The molecule has 6 nitrogen and oxygen atoms in total. The van der Waals surface area contributed by atoms with Crippen molar-refractivity contribution in [1.29, 1.82) is 0 Å². The van der Waals surface area contributed by atoms with Crippen molar-refractivity contribution in [2.45, 2.75) is 25.8 Å². The zero-order chi connectivity index (χ0) is 21.2. The highest BCUT2D eigenvalue weighted by molar-refractivity contribution is 5.46. The van der Waals surface area contributed by atoms with Gasteiger partial charge in [-0.3, -0.25) is 4.90 Å². The zero-order valence-corrected chi connectivity index (χ0v) is 17.5. The predicted octanol–water partition coefficient (Wildman–Crippen LogP) is 3.88. The number of nitrogens with zero attached hydrogens (tertiary/aromatic N) is 1. The lowest BCUT2D eigenvalue weighted by Crippen LogP contribution is -2.34. The Bertz CT molecular complexity index is 867. The fraction of sp³-hybridized carbons (Fsp3) is 0.333. The van der Waals surface area contributed by atoms with Gasteiger partial charge < -0.3 is 23.7 Å². The lowest BCUT2D eigenvalue weighted by atomic mass is 10.1. The van der Waals surface area contributed by atoms with Crippen molar-refractivity contribution < 1.29 is 23.7 Å². The summed E-state index contributed by atoms with van der Waals surface area (Å²) in [5.41, 5.74) is 2.05. The second-order valence-corrected chi connectivity index (χ2v) is 7.06. The third-order valence-corrected chi connectivity index (χ3v) is 4.73. The highest BCUT2D eigenvalue weighted by Crippen LogP contribution is 2.31. The molecular weight excluding hydrogens is 382 g/mol. The van der Waals surface area contributed by atoms with E-state index in [1.54, 1.807) is 20.5 Å². The normalized spacial score (nSPS) is 12.1. The van der Waals surface area contributed by atoms with Crippen molar-refractivity contribution in [3.05, 3.63) is 83.8 Å². The minimum Gasteiger partial charge on any atom is -0.493 e. The van der Waals surface area contributed by atoms with E-state index in [0.29, 0.717) is 37.7 Å². The minimum atomic E-state index is -0.639. The Morgan fingerprint density at radius 1 is 0.933 bits per heavy atom. The molecule has 0 saturated carbocycles. The summed E-state index contributed by atoms with van der Waals surface area (Å²) in [6.07, 6.45) is 1.01. The molecule has 0 bridgehead atoms. The maximum atomic E-state index is 10.6. The predicted molar refractivity (Wildman–Crippen MR) is 114 cm³/mol. The highest BCUT2D eigenvalue weighted by Gasteiger charge is 2.18. The number of hydrogen-bond acceptors (Lipinski definition) is 6. The third-order valence-electron chi connectivity index (χ3n) is 4.73. The number of methoxy groups -OCH3 is 2. The summed E-state index contributed by atoms with van der Waals surface area (Å²) < 4.78 is 22.2. The Labute approximate surface area is 177 Å². The van der Waals surface area contributed by atoms with Crippen LogP contribution in [0.4, 0.5) is 0 Å². The number of furan rings is 1. The van der Waals surface area contributed by atoms with Crippen molar-refractivity contribution in [1.82, 2.24) is 4.90 Å². The van der Waals surface area contributed by atoms with Gasteiger partial charge in [0.2, 0.25) is 0 Å². The van der Waals surface area contributed by atoms with Gasteiger partial charge in [-0.15, -0.1) is 0 Å². The molecule has 0 fully saturated rings. The Kier molecular flexibility index (Phi) is 8.32. The molecule has 160 valence electrons. The van der Waals surface area contributed by atoms with E-state index in [1.807, 2.05) is 60.7 Å². The van der Waals surface area contributed by atoms with Crippen LogP contribution >= 0.6 is 0 Å². The average molecular weight is 411 g/mol. The van der Waals surface area contributed by atoms with Gasteiger partial charge in [0.1, 0.15) is 5.76 Å². The molecule has 0 spiro atoms. The van der Waals surface area contributed by atoms with Crippen LogP contribution in [0.2, 0.25) is 0 Å². The van der Waals surface area contributed by atoms with Gasteiger partial charge in [0.25, 0.3) is 0 Å². The monoisotopic (exact) mass is 411 g/mol. The van der Waals surface area contributed by atoms with Crippen LogP contribution in [0.3, 0.4) is 0 Å². The first-order chi connectivity index (χ1) is 14.7. The number of para-hydroxylation sites is 1. The van der Waals surface area contributed by atoms with E-state index in [1.165, 1.54) is 0 Å². The Morgan fingerprint density at radius 3 is 2.47 bits per heavy atom. The van der Waals surface area contributed by atoms with Gasteiger partial charge in [-0.25, -0.2) is 0 Å². The van der Waals surface area contributed by atoms with Gasteiger partial charge in [-0.2, -0.15) is 0 Å². The first-order valence-electron chi connectivity index (χ1n) is 9.94. The SMILES string of the molecule is COc1cccc(CN(Cc2ccco2)CC(O)COCc2ccccc2)c1OC. The Hall–Kier alpha value is -2.80. The van der Waals surface area contributed by atoms with Crippen LogP contribution < -0.4 is 9.47 Å². The summed E-state index contributed by atoms with van der Waals surface area (Å²) >= 11 is 0. The second kappa shape index (κ2) is 11.4. The number of benzene rings is 2. The fourth-order valence-electron chi connectivity index (χ4n) is 3.36. The molecule has 0 radical (unpaired) electrons. The largest absolute Gasteiger partial charge is 0.493 e. The van der Waals surface area contributed by atoms with E-state index in [-0.39, 0.29) is 6.61 Å². The molecule has 1 aromatic heterocycles. The first-order valence-corrected chi connectivity index (χ1v) is 9.94. The van der Waals surface area contributed by atoms with Crippen LogP contribution in [-0.4, -0.2) is 43.5 Å². The van der Waals surface area contributed by atoms with Gasteiger partial charge in [-0.1, -0.05) is 42.5 Å². The molecule has 0 amide bonds. The van der Waals surface area contributed by atoms with Crippen LogP contribution in [0.1, 0.15) is 16.9 Å². The Morgan fingerprint density at radius 2 is 1.77 bits per heavy atom. The van der Waals surface area contributed by atoms with Crippen LogP contribution in [-0.2, 0) is 24.4 Å². The molecule has 0 aliphatic rings. The maximum Gasteiger partial charge on any atom is 0.165 e. The molecule has 0 aliphatic heterocycles. The molecule has 0 aliphatic carbocycles. The Balaban J connectivity index is 1.63. The molecular formula is C24H29NO5. The van der Waals surface area contributed by atoms with Crippen molar-refractivity contribution in [3.8, 4) is 11.5 Å². The summed E-state index contributed by atoms with van der Waals surface area (Å²) in [6.45, 7) is 2.27. The zero-order valence-electron chi connectivity index (χ0n) is 17.5. The molecule has 6 heteroatoms. The smallest absolute Gasteiger partial charge is 0.165 e. The molecule has 3 rings (SSSR count). The first kappa shape index (κ1) is 21.9. The van der Waals surface area contributed by atoms with Crippen LogP contribution in [0, 0.1) is 0 Å². The second-order valence-electron chi connectivity index (χ2n) is 7.06. The number of aliphatic hydroxyl groups excluding tert-OH is 1. The summed E-state index contributed by atoms with van der Waals surface area (Å²) in [6, 6.07) is 19.5. The van der Waals surface area contributed by atoms with Gasteiger partial charge in [-0.05, 0) is 23.8 Å². The third kappa shape index (κ3) is 6.35. The standard InChI is InChI=1S/C24H29NO5/c1-27-23-12-6-10-20(24(23)28-2)14-25(16-22-11-7-13-30-22)15-21(26)18-29-17-19-8-4-3-5-9-19/h3-13,21,26H,14-18H2,1-2H3. The number of ether oxygens (including phenoxy) is 3. The van der Waals surface area contributed by atoms with Gasteiger partial charge in [0.15, 0.2) is 11.5 Å². The molecule has 1 N–H and O–H groups in total. The maximum absolute atomic E-state index is 10.6.